The Balaban J connectivity index is 1.30. The summed E-state index contributed by atoms with van der Waals surface area (Å²) in [4.78, 5) is 20.4. The van der Waals surface area contributed by atoms with Crippen LogP contribution in [0.5, 0.6) is 0 Å². The van der Waals surface area contributed by atoms with Gasteiger partial charge in [-0.2, -0.15) is 5.10 Å². The summed E-state index contributed by atoms with van der Waals surface area (Å²) in [6.07, 6.45) is 4.99. The highest BCUT2D eigenvalue weighted by atomic mass is 35.5. The number of halogens is 1. The van der Waals surface area contributed by atoms with Gasteiger partial charge in [-0.3, -0.25) is 9.89 Å². The number of nitrogens with one attached hydrogen (secondary N) is 3. The molecule has 0 spiro atoms. The molecule has 0 fully saturated rings. The summed E-state index contributed by atoms with van der Waals surface area (Å²) in [7, 11) is 0. The fourth-order valence-electron chi connectivity index (χ4n) is 3.09. The van der Waals surface area contributed by atoms with Crippen LogP contribution in [0.4, 0.5) is 16.5 Å². The number of fused-ring (bicyclic) bond motifs is 1. The summed E-state index contributed by atoms with van der Waals surface area (Å²) in [6.45, 7) is 0. The van der Waals surface area contributed by atoms with Crippen molar-refractivity contribution in [2.45, 2.75) is 6.42 Å². The molecule has 11 heteroatoms. The number of carbonyl (C=O) groups excluding carboxylic acids is 1. The Morgan fingerprint density at radius 3 is 2.84 bits per heavy atom. The lowest BCUT2D eigenvalue weighted by Crippen LogP contribution is -2.15. The molecule has 0 aliphatic rings. The molecule has 0 atom stereocenters. The topological polar surface area (TPSA) is 121 Å². The van der Waals surface area contributed by atoms with Gasteiger partial charge in [0.25, 0.3) is 0 Å². The van der Waals surface area contributed by atoms with Crippen molar-refractivity contribution in [3.8, 4) is 10.6 Å². The van der Waals surface area contributed by atoms with Gasteiger partial charge in [-0.25, -0.2) is 9.97 Å². The Labute approximate surface area is 190 Å². The summed E-state index contributed by atoms with van der Waals surface area (Å²) in [5.41, 5.74) is 3.06. The molecule has 0 aliphatic heterocycles. The monoisotopic (exact) mass is 462 g/mol. The quantitative estimate of drug-likeness (QED) is 0.340. The van der Waals surface area contributed by atoms with Crippen LogP contribution in [-0.4, -0.2) is 36.3 Å². The minimum Gasteiger partial charge on any atom is -0.329 e. The molecule has 0 saturated carbocycles. The van der Waals surface area contributed by atoms with Crippen LogP contribution < -0.4 is 10.6 Å². The Morgan fingerprint density at radius 1 is 1.09 bits per heavy atom. The molecular formula is C21H15ClN8OS. The van der Waals surface area contributed by atoms with Gasteiger partial charge in [-0.1, -0.05) is 35.1 Å². The molecule has 0 aliphatic carbocycles. The van der Waals surface area contributed by atoms with E-state index in [9.17, 15) is 4.79 Å². The molecule has 158 valence electrons. The molecular weight excluding hydrogens is 448 g/mol. The maximum atomic E-state index is 12.3. The highest BCUT2D eigenvalue weighted by molar-refractivity contribution is 7.18. The van der Waals surface area contributed by atoms with E-state index in [1.807, 2.05) is 36.4 Å². The first-order valence-corrected chi connectivity index (χ1v) is 10.7. The average molecular weight is 463 g/mol. The number of rotatable bonds is 6. The number of hydrogen-bond donors (Lipinski definition) is 3. The van der Waals surface area contributed by atoms with Crippen LogP contribution >= 0.6 is 22.9 Å². The molecule has 3 N–H and O–H groups in total. The highest BCUT2D eigenvalue weighted by Gasteiger charge is 2.12. The van der Waals surface area contributed by atoms with Gasteiger partial charge in [0, 0.05) is 29.0 Å². The zero-order valence-corrected chi connectivity index (χ0v) is 18.0. The lowest BCUT2D eigenvalue weighted by Gasteiger charge is -2.06. The van der Waals surface area contributed by atoms with E-state index in [2.05, 4.69) is 41.0 Å². The van der Waals surface area contributed by atoms with Crippen molar-refractivity contribution in [3.63, 3.8) is 0 Å². The molecule has 0 radical (unpaired) electrons. The number of nitrogens with zero attached hydrogens (tertiary/aromatic N) is 5. The first-order chi connectivity index (χ1) is 15.7. The number of benzene rings is 2. The van der Waals surface area contributed by atoms with E-state index in [-0.39, 0.29) is 12.3 Å². The molecule has 3 aromatic heterocycles. The van der Waals surface area contributed by atoms with Crippen LogP contribution in [0.1, 0.15) is 5.82 Å². The minimum absolute atomic E-state index is 0.0969. The van der Waals surface area contributed by atoms with Crippen LogP contribution in [0.25, 0.3) is 21.5 Å². The standard InChI is InChI=1S/C21H15ClN8OS/c22-19-14-11-25-28-15(14)5-6-16(19)27-21-30-29-20(32-21)12-3-1-4-13(9-12)26-18(31)10-17-23-7-2-8-24-17/h1-9,11H,10H2,(H,25,28)(H,26,31)(H,27,30). The van der Waals surface area contributed by atoms with Crippen molar-refractivity contribution < 1.29 is 4.79 Å². The number of carbonyl (C=O) groups is 1. The summed E-state index contributed by atoms with van der Waals surface area (Å²) >= 11 is 7.85. The van der Waals surface area contributed by atoms with Crippen molar-refractivity contribution in [1.29, 1.82) is 0 Å². The van der Waals surface area contributed by atoms with Crippen molar-refractivity contribution in [2.75, 3.05) is 10.6 Å². The highest BCUT2D eigenvalue weighted by Crippen LogP contribution is 2.34. The zero-order valence-electron chi connectivity index (χ0n) is 16.4. The van der Waals surface area contributed by atoms with E-state index < -0.39 is 0 Å². The van der Waals surface area contributed by atoms with Gasteiger partial charge in [-0.15, -0.1) is 10.2 Å². The first kappa shape index (κ1) is 20.0. The Bertz CT molecular complexity index is 1400. The van der Waals surface area contributed by atoms with E-state index >= 15 is 0 Å². The molecule has 0 saturated heterocycles. The van der Waals surface area contributed by atoms with Crippen molar-refractivity contribution in [3.05, 3.63) is 71.9 Å². The minimum atomic E-state index is -0.197. The maximum absolute atomic E-state index is 12.3. The Kier molecular flexibility index (Phi) is 5.44. The molecule has 1 amide bonds. The van der Waals surface area contributed by atoms with Crippen molar-refractivity contribution in [1.82, 2.24) is 30.4 Å². The first-order valence-electron chi connectivity index (χ1n) is 9.54. The second-order valence-corrected chi connectivity index (χ2v) is 8.12. The number of amides is 1. The van der Waals surface area contributed by atoms with E-state index in [4.69, 9.17) is 11.6 Å². The molecule has 5 rings (SSSR count). The number of H-pyrrole nitrogens is 1. The van der Waals surface area contributed by atoms with Gasteiger partial charge < -0.3 is 10.6 Å². The summed E-state index contributed by atoms with van der Waals surface area (Å²) < 4.78 is 0. The third kappa shape index (κ3) is 4.27. The lowest BCUT2D eigenvalue weighted by atomic mass is 10.2. The number of anilines is 3. The van der Waals surface area contributed by atoms with Gasteiger partial charge in [0.1, 0.15) is 10.8 Å². The molecule has 0 unspecified atom stereocenters. The second kappa shape index (κ2) is 8.69. The molecule has 2 aromatic carbocycles. The predicted octanol–water partition coefficient (Wildman–Crippen LogP) is 4.45. The largest absolute Gasteiger partial charge is 0.329 e. The van der Waals surface area contributed by atoms with Crippen LogP contribution in [0, 0.1) is 0 Å². The van der Waals surface area contributed by atoms with Crippen LogP contribution in [0.2, 0.25) is 5.02 Å². The smallest absolute Gasteiger partial charge is 0.232 e. The van der Waals surface area contributed by atoms with Crippen molar-refractivity contribution in [2.24, 2.45) is 0 Å². The van der Waals surface area contributed by atoms with Gasteiger partial charge in [0.2, 0.25) is 11.0 Å². The van der Waals surface area contributed by atoms with Gasteiger partial charge in [0.15, 0.2) is 0 Å². The van der Waals surface area contributed by atoms with E-state index in [1.165, 1.54) is 11.3 Å². The Hall–Kier alpha value is -3.89. The number of hydrogen-bond acceptors (Lipinski definition) is 8. The third-order valence-electron chi connectivity index (χ3n) is 4.56. The van der Waals surface area contributed by atoms with Crippen LogP contribution in [0.15, 0.2) is 61.1 Å². The summed E-state index contributed by atoms with van der Waals surface area (Å²) in [5.74, 6) is 0.269. The van der Waals surface area contributed by atoms with Crippen LogP contribution in [-0.2, 0) is 11.2 Å². The zero-order chi connectivity index (χ0) is 21.9. The van der Waals surface area contributed by atoms with Gasteiger partial charge >= 0.3 is 0 Å². The third-order valence-corrected chi connectivity index (χ3v) is 5.85. The fraction of sp³-hybridized carbons (Fsp3) is 0.0476. The van der Waals surface area contributed by atoms with Crippen molar-refractivity contribution >= 4 is 56.3 Å². The number of aromatic nitrogens is 6. The van der Waals surface area contributed by atoms with Gasteiger partial charge in [0.05, 0.1) is 28.8 Å². The lowest BCUT2D eigenvalue weighted by molar-refractivity contribution is -0.115. The van der Waals surface area contributed by atoms with E-state index in [0.717, 1.165) is 16.5 Å². The SMILES string of the molecule is O=C(Cc1ncccn1)Nc1cccc(-c2nnc(Nc3ccc4[nH]ncc4c3Cl)s2)c1. The fourth-order valence-corrected chi connectivity index (χ4v) is 4.10. The Morgan fingerprint density at radius 2 is 1.97 bits per heavy atom. The second-order valence-electron chi connectivity index (χ2n) is 6.77. The average Bonchev–Trinajstić information content (AvgIpc) is 3.47. The molecule has 0 bridgehead atoms. The number of aromatic amines is 1. The van der Waals surface area contributed by atoms with E-state index in [1.54, 1.807) is 24.7 Å². The summed E-state index contributed by atoms with van der Waals surface area (Å²) in [5, 5.41) is 24.1. The summed E-state index contributed by atoms with van der Waals surface area (Å²) in [6, 6.07) is 12.9. The van der Waals surface area contributed by atoms with E-state index in [0.29, 0.717) is 32.4 Å². The normalized spacial score (nSPS) is 10.9. The maximum Gasteiger partial charge on any atom is 0.232 e. The molecule has 32 heavy (non-hydrogen) atoms. The van der Waals surface area contributed by atoms with Gasteiger partial charge in [-0.05, 0) is 30.3 Å². The molecule has 3 heterocycles. The molecule has 5 aromatic rings. The molecule has 9 nitrogen and oxygen atoms in total. The predicted molar refractivity (Wildman–Crippen MR) is 124 cm³/mol. The van der Waals surface area contributed by atoms with Crippen LogP contribution in [0.3, 0.4) is 0 Å².